The van der Waals surface area contributed by atoms with Gasteiger partial charge in [-0.05, 0) is 56.7 Å². The van der Waals surface area contributed by atoms with Gasteiger partial charge in [0.15, 0.2) is 0 Å². The average Bonchev–Trinajstić information content (AvgIpc) is 2.99. The third-order valence-corrected chi connectivity index (χ3v) is 7.47. The quantitative estimate of drug-likeness (QED) is 0.332. The molecule has 1 fully saturated rings. The molecule has 0 saturated carbocycles. The Kier molecular flexibility index (Phi) is 7.92. The fraction of sp³-hybridized carbons (Fsp3) is 0.323. The number of fused-ring (bicyclic) bond motifs is 1. The molecule has 0 aliphatic carbocycles. The topological polar surface area (TPSA) is 93.7 Å². The number of aromatic nitrogens is 3. The van der Waals surface area contributed by atoms with Gasteiger partial charge in [-0.15, -0.1) is 0 Å². The predicted octanol–water partition coefficient (Wildman–Crippen LogP) is 4.75. The summed E-state index contributed by atoms with van der Waals surface area (Å²) in [5.74, 6) is -0.898. The summed E-state index contributed by atoms with van der Waals surface area (Å²) >= 11 is 0. The maximum Gasteiger partial charge on any atom is 0.265 e. The molecule has 0 radical (unpaired) electrons. The van der Waals surface area contributed by atoms with E-state index < -0.39 is 23.0 Å². The molecular weight excluding hydrogens is 523 g/mol. The predicted molar refractivity (Wildman–Crippen MR) is 154 cm³/mol. The lowest BCUT2D eigenvalue weighted by Gasteiger charge is -2.41. The summed E-state index contributed by atoms with van der Waals surface area (Å²) in [6, 6.07) is 12.3. The molecule has 1 atom stereocenters. The van der Waals surface area contributed by atoms with Crippen LogP contribution in [0.15, 0.2) is 65.7 Å². The number of carbonyl (C=O) groups is 1. The molecule has 41 heavy (non-hydrogen) atoms. The van der Waals surface area contributed by atoms with Gasteiger partial charge in [-0.3, -0.25) is 24.0 Å². The highest BCUT2D eigenvalue weighted by Gasteiger charge is 2.31. The molecule has 1 aliphatic rings. The summed E-state index contributed by atoms with van der Waals surface area (Å²) in [4.78, 5) is 42.1. The van der Waals surface area contributed by atoms with Crippen molar-refractivity contribution in [3.8, 4) is 11.3 Å². The van der Waals surface area contributed by atoms with E-state index in [4.69, 9.17) is 11.3 Å². The maximum absolute atomic E-state index is 13.9. The number of carbonyl (C=O) groups excluding carboxylic acids is 1. The van der Waals surface area contributed by atoms with Crippen LogP contribution in [0.4, 0.5) is 10.1 Å². The van der Waals surface area contributed by atoms with E-state index in [1.807, 2.05) is 6.07 Å². The summed E-state index contributed by atoms with van der Waals surface area (Å²) in [5.41, 5.74) is 2.03. The molecule has 1 N–H and O–H groups in total. The molecule has 1 amide bonds. The Bertz CT molecular complexity index is 1670. The molecule has 1 aliphatic heterocycles. The molecule has 1 aromatic carbocycles. The molecule has 0 spiro atoms. The van der Waals surface area contributed by atoms with E-state index in [0.29, 0.717) is 53.3 Å². The van der Waals surface area contributed by atoms with Gasteiger partial charge in [0, 0.05) is 48.5 Å². The van der Waals surface area contributed by atoms with Gasteiger partial charge in [0.2, 0.25) is 5.69 Å². The van der Waals surface area contributed by atoms with Crippen molar-refractivity contribution in [3.05, 3.63) is 99.6 Å². The van der Waals surface area contributed by atoms with Crippen molar-refractivity contribution < 1.29 is 13.9 Å². The number of pyridine rings is 3. The zero-order chi connectivity index (χ0) is 29.1. The smallest absolute Gasteiger partial charge is 0.265 e. The highest BCUT2D eigenvalue weighted by atomic mass is 19.1. The first-order chi connectivity index (χ1) is 19.7. The van der Waals surface area contributed by atoms with E-state index in [2.05, 4.69) is 38.9 Å². The van der Waals surface area contributed by atoms with Gasteiger partial charge in [0.05, 0.1) is 31.5 Å². The van der Waals surface area contributed by atoms with Gasteiger partial charge in [0.25, 0.3) is 11.5 Å². The third kappa shape index (κ3) is 6.01. The number of ether oxygens (including phenoxy) is 1. The Hall–Kier alpha value is -4.46. The second-order valence-electron chi connectivity index (χ2n) is 10.8. The molecule has 1 saturated heterocycles. The summed E-state index contributed by atoms with van der Waals surface area (Å²) in [5, 5.41) is 3.49. The maximum atomic E-state index is 13.9. The van der Waals surface area contributed by atoms with Crippen molar-refractivity contribution in [2.75, 3.05) is 26.3 Å². The number of halogens is 1. The van der Waals surface area contributed by atoms with Crippen molar-refractivity contribution in [2.45, 2.75) is 38.9 Å². The molecule has 10 heteroatoms. The second kappa shape index (κ2) is 11.6. The van der Waals surface area contributed by atoms with Crippen LogP contribution in [-0.4, -0.2) is 57.2 Å². The largest absolute Gasteiger partial charge is 0.379 e. The monoisotopic (exact) mass is 554 g/mol. The van der Waals surface area contributed by atoms with Gasteiger partial charge in [-0.25, -0.2) is 14.2 Å². The summed E-state index contributed by atoms with van der Waals surface area (Å²) in [7, 11) is 0. The lowest BCUT2D eigenvalue weighted by molar-refractivity contribution is -0.0156. The summed E-state index contributed by atoms with van der Waals surface area (Å²) < 4.78 is 20.5. The number of nitrogens with one attached hydrogen (secondary N) is 1. The van der Waals surface area contributed by atoms with E-state index in [0.717, 1.165) is 13.1 Å². The minimum atomic E-state index is -0.531. The van der Waals surface area contributed by atoms with Gasteiger partial charge in [-0.2, -0.15) is 0 Å². The van der Waals surface area contributed by atoms with Crippen LogP contribution in [0, 0.1) is 12.4 Å². The molecule has 1 unspecified atom stereocenters. The van der Waals surface area contributed by atoms with E-state index in [1.165, 1.54) is 18.3 Å². The molecular formula is C31H31FN6O3. The van der Waals surface area contributed by atoms with E-state index in [1.54, 1.807) is 48.0 Å². The third-order valence-electron chi connectivity index (χ3n) is 7.47. The number of hydrogen-bond acceptors (Lipinski definition) is 6. The van der Waals surface area contributed by atoms with Crippen LogP contribution in [0.25, 0.3) is 27.1 Å². The molecule has 4 aromatic rings. The Balaban J connectivity index is 1.57. The first-order valence-electron chi connectivity index (χ1n) is 13.4. The molecule has 9 nitrogen and oxygen atoms in total. The van der Waals surface area contributed by atoms with Crippen LogP contribution in [-0.2, 0) is 11.3 Å². The van der Waals surface area contributed by atoms with Gasteiger partial charge in [0.1, 0.15) is 17.0 Å². The zero-order valence-corrected chi connectivity index (χ0v) is 23.2. The minimum absolute atomic E-state index is 0.0143. The molecule has 5 rings (SSSR count). The van der Waals surface area contributed by atoms with Crippen molar-refractivity contribution in [2.24, 2.45) is 0 Å². The Morgan fingerprint density at radius 3 is 2.51 bits per heavy atom. The van der Waals surface area contributed by atoms with E-state index in [-0.39, 0.29) is 11.4 Å². The van der Waals surface area contributed by atoms with Crippen molar-refractivity contribution in [3.63, 3.8) is 0 Å². The summed E-state index contributed by atoms with van der Waals surface area (Å²) in [6.45, 7) is 16.1. The van der Waals surface area contributed by atoms with Gasteiger partial charge >= 0.3 is 0 Å². The zero-order valence-electron chi connectivity index (χ0n) is 23.2. The van der Waals surface area contributed by atoms with Crippen molar-refractivity contribution in [1.29, 1.82) is 0 Å². The number of amides is 1. The number of nitrogens with zero attached hydrogens (tertiary/aromatic N) is 5. The van der Waals surface area contributed by atoms with Crippen LogP contribution in [0.3, 0.4) is 0 Å². The average molecular weight is 555 g/mol. The van der Waals surface area contributed by atoms with Crippen LogP contribution in [0.1, 0.15) is 42.7 Å². The number of hydrogen-bond donors (Lipinski definition) is 1. The minimum Gasteiger partial charge on any atom is -0.379 e. The van der Waals surface area contributed by atoms with Gasteiger partial charge in [-0.1, -0.05) is 18.2 Å². The number of rotatable bonds is 7. The van der Waals surface area contributed by atoms with Crippen LogP contribution >= 0.6 is 0 Å². The molecule has 210 valence electrons. The molecule has 4 heterocycles. The lowest BCUT2D eigenvalue weighted by atomic mass is 10.0. The van der Waals surface area contributed by atoms with E-state index in [9.17, 15) is 14.0 Å². The van der Waals surface area contributed by atoms with E-state index >= 15 is 0 Å². The van der Waals surface area contributed by atoms with Crippen molar-refractivity contribution >= 4 is 22.6 Å². The van der Waals surface area contributed by atoms with Crippen molar-refractivity contribution in [1.82, 2.24) is 24.8 Å². The lowest BCUT2D eigenvalue weighted by Crippen LogP contribution is -2.53. The van der Waals surface area contributed by atoms with Crippen LogP contribution in [0.5, 0.6) is 0 Å². The molecule has 0 bridgehead atoms. The highest BCUT2D eigenvalue weighted by Crippen LogP contribution is 2.25. The van der Waals surface area contributed by atoms with Crippen LogP contribution in [0.2, 0.25) is 0 Å². The van der Waals surface area contributed by atoms with Crippen LogP contribution < -0.4 is 10.9 Å². The Morgan fingerprint density at radius 2 is 1.85 bits per heavy atom. The fourth-order valence-electron chi connectivity index (χ4n) is 5.10. The van der Waals surface area contributed by atoms with Gasteiger partial charge < -0.3 is 10.1 Å². The number of benzene rings is 1. The normalized spacial score (nSPS) is 14.9. The first kappa shape index (κ1) is 28.1. The highest BCUT2D eigenvalue weighted by molar-refractivity contribution is 5.97. The summed E-state index contributed by atoms with van der Waals surface area (Å²) in [6.07, 6.45) is 3.14. The first-order valence-corrected chi connectivity index (χ1v) is 13.4. The Labute approximate surface area is 237 Å². The number of morpholine rings is 1. The Morgan fingerprint density at radius 1 is 1.12 bits per heavy atom. The fourth-order valence-corrected chi connectivity index (χ4v) is 5.10. The standard InChI is InChI=1S/C31H31FN6O3/c1-20(21-5-7-24(32)8-6-21)36-29(39)26-16-22-15-23(27-10-9-25(33-4)18-34-27)17-35-28(22)38(30(26)40)19-31(2,3)37-11-13-41-14-12-37/h5-10,15-18,20H,11-14,19H2,1-3H3,(H,36,39). The molecule has 3 aromatic heterocycles. The second-order valence-corrected chi connectivity index (χ2v) is 10.8. The SMILES string of the molecule is [C-]#[N+]c1ccc(-c2cnc3c(c2)cc(C(=O)NC(C)c2ccc(F)cc2)c(=O)n3CC(C)(C)N2CCOCC2)nc1.